The van der Waals surface area contributed by atoms with Crippen LogP contribution >= 0.6 is 23.6 Å². The van der Waals surface area contributed by atoms with Gasteiger partial charge >= 0.3 is 0 Å². The molecule has 0 unspecified atom stereocenters. The Bertz CT molecular complexity index is 914. The summed E-state index contributed by atoms with van der Waals surface area (Å²) < 4.78 is 5.38. The molecular weight excluding hydrogens is 350 g/mol. The second kappa shape index (κ2) is 7.63. The minimum atomic E-state index is 0.0669. The lowest BCUT2D eigenvalue weighted by atomic mass is 10.00. The van der Waals surface area contributed by atoms with Crippen molar-refractivity contribution in [2.24, 2.45) is 0 Å². The Morgan fingerprint density at radius 1 is 1.24 bits per heavy atom. The van der Waals surface area contributed by atoms with Gasteiger partial charge in [-0.2, -0.15) is 4.98 Å². The number of thiocarbonyl (C=S) groups is 1. The Balaban J connectivity index is 1.68. The summed E-state index contributed by atoms with van der Waals surface area (Å²) >= 11 is 6.85. The van der Waals surface area contributed by atoms with E-state index in [1.54, 1.807) is 6.92 Å². The zero-order valence-corrected chi connectivity index (χ0v) is 15.7. The first-order chi connectivity index (χ1) is 12.0. The number of hydrogen-bond donors (Lipinski definition) is 2. The summed E-state index contributed by atoms with van der Waals surface area (Å²) in [6, 6.07) is 14.7. The quantitative estimate of drug-likeness (QED) is 0.475. The summed E-state index contributed by atoms with van der Waals surface area (Å²) in [6.07, 6.45) is 0. The fraction of sp³-hybridized carbons (Fsp3) is 0.158. The fourth-order valence-electron chi connectivity index (χ4n) is 2.58. The van der Waals surface area contributed by atoms with Gasteiger partial charge in [-0.15, -0.1) is 11.3 Å². The number of benzene rings is 2. The number of anilines is 1. The Kier molecular flexibility index (Phi) is 5.31. The molecule has 0 fully saturated rings. The van der Waals surface area contributed by atoms with Crippen LogP contribution in [0.25, 0.3) is 10.8 Å². The van der Waals surface area contributed by atoms with E-state index in [0.717, 1.165) is 0 Å². The summed E-state index contributed by atoms with van der Waals surface area (Å²) in [7, 11) is 0. The van der Waals surface area contributed by atoms with Crippen molar-refractivity contribution < 1.29 is 4.74 Å². The molecule has 1 aromatic heterocycles. The number of allylic oxidation sites excluding steroid dienone is 1. The average molecular weight is 370 g/mol. The van der Waals surface area contributed by atoms with Crippen LogP contribution in [0, 0.1) is 0 Å². The van der Waals surface area contributed by atoms with Crippen LogP contribution in [-0.4, -0.2) is 10.1 Å². The van der Waals surface area contributed by atoms with Crippen molar-refractivity contribution in [2.45, 2.75) is 19.9 Å². The molecule has 3 rings (SSSR count). The number of hydrogen-bond acceptors (Lipinski definition) is 4. The van der Waals surface area contributed by atoms with E-state index in [1.165, 1.54) is 27.7 Å². The van der Waals surface area contributed by atoms with Crippen LogP contribution in [-0.2, 0) is 0 Å². The van der Waals surface area contributed by atoms with Gasteiger partial charge in [-0.3, -0.25) is 0 Å². The Labute approximate surface area is 156 Å². The van der Waals surface area contributed by atoms with Crippen LogP contribution in [0.15, 0.2) is 60.2 Å². The molecule has 2 aromatic carbocycles. The molecule has 2 N–H and O–H groups in total. The molecule has 1 heterocycles. The number of rotatable bonds is 5. The van der Waals surface area contributed by atoms with Crippen molar-refractivity contribution in [1.29, 1.82) is 0 Å². The number of ether oxygens (including phenoxy) is 1. The maximum absolute atomic E-state index is 5.42. The standard InChI is InChI=1S/C19H19N3OS2/c1-12(2)23-17-11-25-19(21-17)22-18(24)20-13(3)15-10-6-8-14-7-4-5-9-16(14)15/h4-11,13H,1H2,2-3H3,(H2,20,21,22,24)/t13-/m0/s1. The maximum atomic E-state index is 5.42. The Hall–Kier alpha value is -2.44. The van der Waals surface area contributed by atoms with Gasteiger partial charge in [0.05, 0.1) is 17.2 Å². The highest BCUT2D eigenvalue weighted by molar-refractivity contribution is 7.80. The summed E-state index contributed by atoms with van der Waals surface area (Å²) in [5.74, 6) is 1.12. The average Bonchev–Trinajstić information content (AvgIpc) is 3.00. The van der Waals surface area contributed by atoms with E-state index in [-0.39, 0.29) is 6.04 Å². The van der Waals surface area contributed by atoms with Crippen LogP contribution in [0.5, 0.6) is 5.88 Å². The van der Waals surface area contributed by atoms with E-state index in [0.29, 0.717) is 21.9 Å². The van der Waals surface area contributed by atoms with E-state index in [9.17, 15) is 0 Å². The summed E-state index contributed by atoms with van der Waals surface area (Å²) in [5, 5.41) is 11.9. The molecule has 0 spiro atoms. The van der Waals surface area contributed by atoms with Gasteiger partial charge < -0.3 is 15.4 Å². The van der Waals surface area contributed by atoms with Crippen LogP contribution in [0.2, 0.25) is 0 Å². The van der Waals surface area contributed by atoms with Gasteiger partial charge in [0, 0.05) is 0 Å². The number of nitrogens with one attached hydrogen (secondary N) is 2. The monoisotopic (exact) mass is 369 g/mol. The molecule has 6 heteroatoms. The lowest BCUT2D eigenvalue weighted by Gasteiger charge is -2.18. The predicted octanol–water partition coefficient (Wildman–Crippen LogP) is 5.26. The lowest BCUT2D eigenvalue weighted by molar-refractivity contribution is 0.417. The fourth-order valence-corrected chi connectivity index (χ4v) is 3.53. The van der Waals surface area contributed by atoms with Crippen LogP contribution < -0.4 is 15.4 Å². The van der Waals surface area contributed by atoms with Crippen molar-refractivity contribution in [3.63, 3.8) is 0 Å². The largest absolute Gasteiger partial charge is 0.443 e. The first kappa shape index (κ1) is 17.4. The van der Waals surface area contributed by atoms with E-state index in [2.05, 4.69) is 59.5 Å². The van der Waals surface area contributed by atoms with Gasteiger partial charge in [-0.1, -0.05) is 49.0 Å². The Morgan fingerprint density at radius 3 is 2.80 bits per heavy atom. The van der Waals surface area contributed by atoms with Crippen LogP contribution in [0.3, 0.4) is 0 Å². The molecule has 0 saturated heterocycles. The molecular formula is C19H19N3OS2. The summed E-state index contributed by atoms with van der Waals surface area (Å²) in [5.41, 5.74) is 1.20. The van der Waals surface area contributed by atoms with Gasteiger partial charge in [-0.05, 0) is 42.4 Å². The smallest absolute Gasteiger partial charge is 0.231 e. The first-order valence-electron chi connectivity index (χ1n) is 7.87. The summed E-state index contributed by atoms with van der Waals surface area (Å²) in [4.78, 5) is 4.32. The predicted molar refractivity (Wildman–Crippen MR) is 109 cm³/mol. The highest BCUT2D eigenvalue weighted by Crippen LogP contribution is 2.25. The lowest BCUT2D eigenvalue weighted by Crippen LogP contribution is -2.30. The molecule has 25 heavy (non-hydrogen) atoms. The molecule has 0 aliphatic carbocycles. The highest BCUT2D eigenvalue weighted by Gasteiger charge is 2.11. The molecule has 0 amide bonds. The third kappa shape index (κ3) is 4.35. The third-order valence-corrected chi connectivity index (χ3v) is 4.58. The number of aromatic nitrogens is 1. The maximum Gasteiger partial charge on any atom is 0.231 e. The number of nitrogens with zero attached hydrogens (tertiary/aromatic N) is 1. The number of thiazole rings is 1. The molecule has 0 radical (unpaired) electrons. The molecule has 0 bridgehead atoms. The molecule has 0 aliphatic heterocycles. The highest BCUT2D eigenvalue weighted by atomic mass is 32.1. The third-order valence-electron chi connectivity index (χ3n) is 3.62. The van der Waals surface area contributed by atoms with Crippen molar-refractivity contribution in [1.82, 2.24) is 10.3 Å². The van der Waals surface area contributed by atoms with Crippen molar-refractivity contribution in [3.8, 4) is 5.88 Å². The number of fused-ring (bicyclic) bond motifs is 1. The zero-order chi connectivity index (χ0) is 17.8. The van der Waals surface area contributed by atoms with Gasteiger partial charge in [-0.25, -0.2) is 0 Å². The van der Waals surface area contributed by atoms with Gasteiger partial charge in [0.25, 0.3) is 0 Å². The SMILES string of the molecule is C=C(C)Oc1csc(NC(=S)N[C@@H](C)c2cccc3ccccc23)n1. The van der Waals surface area contributed by atoms with Gasteiger partial charge in [0.2, 0.25) is 5.88 Å². The minimum Gasteiger partial charge on any atom is -0.443 e. The molecule has 1 atom stereocenters. The second-order valence-corrected chi connectivity index (χ2v) is 6.95. The van der Waals surface area contributed by atoms with Crippen molar-refractivity contribution >= 4 is 44.6 Å². The van der Waals surface area contributed by atoms with Gasteiger partial charge in [0.1, 0.15) is 0 Å². The molecule has 0 saturated carbocycles. The normalized spacial score (nSPS) is 11.8. The molecule has 128 valence electrons. The topological polar surface area (TPSA) is 46.2 Å². The van der Waals surface area contributed by atoms with E-state index < -0.39 is 0 Å². The van der Waals surface area contributed by atoms with Crippen LogP contribution in [0.4, 0.5) is 5.13 Å². The van der Waals surface area contributed by atoms with E-state index >= 15 is 0 Å². The summed E-state index contributed by atoms with van der Waals surface area (Å²) in [6.45, 7) is 7.58. The van der Waals surface area contributed by atoms with Crippen LogP contribution in [0.1, 0.15) is 25.5 Å². The molecule has 3 aromatic rings. The molecule has 0 aliphatic rings. The zero-order valence-electron chi connectivity index (χ0n) is 14.1. The minimum absolute atomic E-state index is 0.0669. The van der Waals surface area contributed by atoms with Gasteiger partial charge in [0.15, 0.2) is 10.2 Å². The van der Waals surface area contributed by atoms with E-state index in [1.807, 2.05) is 17.5 Å². The molecule has 4 nitrogen and oxygen atoms in total. The first-order valence-corrected chi connectivity index (χ1v) is 9.16. The van der Waals surface area contributed by atoms with E-state index in [4.69, 9.17) is 17.0 Å². The Morgan fingerprint density at radius 2 is 2.00 bits per heavy atom. The second-order valence-electron chi connectivity index (χ2n) is 5.68. The van der Waals surface area contributed by atoms with Crippen molar-refractivity contribution in [2.75, 3.05) is 5.32 Å². The van der Waals surface area contributed by atoms with Crippen molar-refractivity contribution in [3.05, 3.63) is 65.7 Å².